The van der Waals surface area contributed by atoms with E-state index < -0.39 is 0 Å². The van der Waals surface area contributed by atoms with Gasteiger partial charge >= 0.3 is 0 Å². The van der Waals surface area contributed by atoms with Crippen LogP contribution in [0.3, 0.4) is 0 Å². The van der Waals surface area contributed by atoms with E-state index in [4.69, 9.17) is 4.74 Å². The Labute approximate surface area is 68.9 Å². The van der Waals surface area contributed by atoms with E-state index in [1.807, 2.05) is 27.0 Å². The Morgan fingerprint density at radius 3 is 2.73 bits per heavy atom. The zero-order valence-corrected chi connectivity index (χ0v) is 7.61. The summed E-state index contributed by atoms with van der Waals surface area (Å²) in [5.41, 5.74) is 2.11. The molecule has 0 aromatic carbocycles. The zero-order chi connectivity index (χ0) is 8.69. The topological polar surface area (TPSA) is 21.3 Å². The fourth-order valence-electron chi connectivity index (χ4n) is 0.653. The van der Waals surface area contributed by atoms with Gasteiger partial charge in [-0.25, -0.2) is 0 Å². The van der Waals surface area contributed by atoms with Crippen molar-refractivity contribution in [1.82, 2.24) is 5.32 Å². The van der Waals surface area contributed by atoms with Gasteiger partial charge in [0.2, 0.25) is 0 Å². The van der Waals surface area contributed by atoms with Crippen LogP contribution in [0.5, 0.6) is 0 Å². The van der Waals surface area contributed by atoms with Crippen molar-refractivity contribution in [3.8, 4) is 0 Å². The molecule has 0 saturated carbocycles. The molecule has 0 rings (SSSR count). The molecule has 0 aromatic rings. The quantitative estimate of drug-likeness (QED) is 0.610. The van der Waals surface area contributed by atoms with Crippen molar-refractivity contribution in [2.45, 2.75) is 13.8 Å². The van der Waals surface area contributed by atoms with Gasteiger partial charge in [0.05, 0.1) is 6.61 Å². The highest BCUT2D eigenvalue weighted by molar-refractivity contribution is 5.18. The normalized spacial score (nSPS) is 11.4. The van der Waals surface area contributed by atoms with Crippen LogP contribution in [0.15, 0.2) is 23.9 Å². The fraction of sp³-hybridized carbons (Fsp3) is 0.556. The monoisotopic (exact) mass is 155 g/mol. The average Bonchev–Trinajstić information content (AvgIpc) is 2.00. The van der Waals surface area contributed by atoms with Gasteiger partial charge < -0.3 is 10.1 Å². The highest BCUT2D eigenvalue weighted by Crippen LogP contribution is 1.97. The van der Waals surface area contributed by atoms with Gasteiger partial charge in [-0.2, -0.15) is 0 Å². The van der Waals surface area contributed by atoms with Crippen LogP contribution < -0.4 is 5.32 Å². The third-order valence-corrected chi connectivity index (χ3v) is 1.31. The number of rotatable bonds is 5. The van der Waals surface area contributed by atoms with Crippen molar-refractivity contribution < 1.29 is 4.74 Å². The summed E-state index contributed by atoms with van der Waals surface area (Å²) in [6.45, 7) is 9.17. The molecular weight excluding hydrogens is 138 g/mol. The molecule has 0 spiro atoms. The van der Waals surface area contributed by atoms with Crippen molar-refractivity contribution in [3.63, 3.8) is 0 Å². The number of hydrogen-bond acceptors (Lipinski definition) is 2. The minimum Gasteiger partial charge on any atom is -0.392 e. The van der Waals surface area contributed by atoms with Crippen molar-refractivity contribution in [2.75, 3.05) is 20.3 Å². The lowest BCUT2D eigenvalue weighted by Gasteiger charge is -2.02. The van der Waals surface area contributed by atoms with Crippen LogP contribution in [0, 0.1) is 0 Å². The molecule has 0 radical (unpaired) electrons. The van der Waals surface area contributed by atoms with Crippen LogP contribution in [-0.4, -0.2) is 20.3 Å². The molecule has 0 amide bonds. The molecule has 0 unspecified atom stereocenters. The Bertz CT molecular complexity index is 150. The maximum atomic E-state index is 5.17. The Hall–Kier alpha value is -0.760. The molecule has 0 aliphatic heterocycles. The Balaban J connectivity index is 3.67. The van der Waals surface area contributed by atoms with Crippen LogP contribution in [0.2, 0.25) is 0 Å². The summed E-state index contributed by atoms with van der Waals surface area (Å²) in [6, 6.07) is 0. The van der Waals surface area contributed by atoms with Crippen LogP contribution >= 0.6 is 0 Å². The van der Waals surface area contributed by atoms with Gasteiger partial charge in [0.1, 0.15) is 0 Å². The second kappa shape index (κ2) is 5.98. The van der Waals surface area contributed by atoms with E-state index in [1.165, 1.54) is 0 Å². The van der Waals surface area contributed by atoms with E-state index in [0.717, 1.165) is 17.9 Å². The Morgan fingerprint density at radius 2 is 2.27 bits per heavy atom. The first-order valence-electron chi connectivity index (χ1n) is 3.82. The van der Waals surface area contributed by atoms with Crippen LogP contribution in [0.1, 0.15) is 13.8 Å². The summed E-state index contributed by atoms with van der Waals surface area (Å²) in [5, 5.41) is 3.02. The van der Waals surface area contributed by atoms with Gasteiger partial charge in [0.25, 0.3) is 0 Å². The molecule has 0 aliphatic rings. The largest absolute Gasteiger partial charge is 0.392 e. The molecule has 2 nitrogen and oxygen atoms in total. The first kappa shape index (κ1) is 10.2. The maximum absolute atomic E-state index is 5.17. The van der Waals surface area contributed by atoms with Crippen molar-refractivity contribution >= 4 is 0 Å². The van der Waals surface area contributed by atoms with Gasteiger partial charge in [0, 0.05) is 19.4 Å². The highest BCUT2D eigenvalue weighted by atomic mass is 16.5. The smallest absolute Gasteiger partial charge is 0.0711 e. The molecule has 11 heavy (non-hydrogen) atoms. The minimum absolute atomic E-state index is 0.621. The van der Waals surface area contributed by atoms with Gasteiger partial charge in [-0.1, -0.05) is 6.58 Å². The number of ether oxygens (including phenoxy) is 1. The lowest BCUT2D eigenvalue weighted by molar-refractivity contribution is 0.173. The molecule has 0 aliphatic carbocycles. The average molecular weight is 155 g/mol. The van der Waals surface area contributed by atoms with Crippen molar-refractivity contribution in [2.24, 2.45) is 0 Å². The summed E-state index contributed by atoms with van der Waals surface area (Å²) in [6.07, 6.45) is 1.98. The first-order valence-corrected chi connectivity index (χ1v) is 3.82. The lowest BCUT2D eigenvalue weighted by Crippen LogP contribution is -2.03. The second-order valence-electron chi connectivity index (χ2n) is 2.37. The van der Waals surface area contributed by atoms with E-state index in [1.54, 1.807) is 0 Å². The summed E-state index contributed by atoms with van der Waals surface area (Å²) in [5.74, 6) is 0. The lowest BCUT2D eigenvalue weighted by atomic mass is 10.2. The molecule has 64 valence electrons. The number of nitrogens with one attached hydrogen (secondary N) is 1. The van der Waals surface area contributed by atoms with E-state index in [-0.39, 0.29) is 0 Å². The maximum Gasteiger partial charge on any atom is 0.0711 e. The van der Waals surface area contributed by atoms with E-state index in [2.05, 4.69) is 11.9 Å². The van der Waals surface area contributed by atoms with Crippen LogP contribution in [0.25, 0.3) is 0 Å². The summed E-state index contributed by atoms with van der Waals surface area (Å²) in [4.78, 5) is 0. The van der Waals surface area contributed by atoms with Gasteiger partial charge in [0.15, 0.2) is 0 Å². The van der Waals surface area contributed by atoms with Gasteiger partial charge in [-0.15, -0.1) is 0 Å². The number of hydrogen-bond donors (Lipinski definition) is 1. The number of allylic oxidation sites excluding steroid dienone is 1. The molecule has 1 N–H and O–H groups in total. The predicted octanol–water partition coefficient (Wildman–Crippen LogP) is 1.70. The van der Waals surface area contributed by atoms with Crippen molar-refractivity contribution in [1.29, 1.82) is 0 Å². The molecular formula is C9H17NO. The molecule has 0 aromatic heterocycles. The summed E-state index contributed by atoms with van der Waals surface area (Å²) >= 11 is 0. The Morgan fingerprint density at radius 1 is 1.64 bits per heavy atom. The zero-order valence-electron chi connectivity index (χ0n) is 7.61. The molecule has 0 fully saturated rings. The van der Waals surface area contributed by atoms with E-state index in [0.29, 0.717) is 6.61 Å². The molecule has 0 heterocycles. The molecule has 2 heteroatoms. The van der Waals surface area contributed by atoms with Crippen molar-refractivity contribution in [3.05, 3.63) is 23.9 Å². The second-order valence-corrected chi connectivity index (χ2v) is 2.37. The van der Waals surface area contributed by atoms with E-state index in [9.17, 15) is 0 Å². The molecule has 0 saturated heterocycles. The summed E-state index contributed by atoms with van der Waals surface area (Å²) in [7, 11) is 1.89. The van der Waals surface area contributed by atoms with Gasteiger partial charge in [-0.05, 0) is 25.5 Å². The molecule has 0 bridgehead atoms. The van der Waals surface area contributed by atoms with E-state index >= 15 is 0 Å². The third-order valence-electron chi connectivity index (χ3n) is 1.31. The SMILES string of the molecule is C=C(/C=C(/C)NC)COCC. The predicted molar refractivity (Wildman–Crippen MR) is 48.4 cm³/mol. The first-order chi connectivity index (χ1) is 5.20. The van der Waals surface area contributed by atoms with Gasteiger partial charge in [-0.3, -0.25) is 0 Å². The van der Waals surface area contributed by atoms with Crippen LogP contribution in [0.4, 0.5) is 0 Å². The fourth-order valence-corrected chi connectivity index (χ4v) is 0.653. The Kier molecular flexibility index (Phi) is 5.57. The summed E-state index contributed by atoms with van der Waals surface area (Å²) < 4.78 is 5.17. The standard InChI is InChI=1S/C9H17NO/c1-5-11-7-8(2)6-9(3)10-4/h6,10H,2,5,7H2,1,3-4H3/b9-6-. The third kappa shape index (κ3) is 5.67. The highest BCUT2D eigenvalue weighted by Gasteiger charge is 1.89. The minimum atomic E-state index is 0.621. The molecule has 0 atom stereocenters. The van der Waals surface area contributed by atoms with Crippen LogP contribution in [-0.2, 0) is 4.74 Å².